The van der Waals surface area contributed by atoms with E-state index in [4.69, 9.17) is 48.2 Å². The predicted molar refractivity (Wildman–Crippen MR) is 360 cm³/mol. The molecule has 45 nitrogen and oxygen atoms in total. The van der Waals surface area contributed by atoms with E-state index in [9.17, 15) is 109 Å². The van der Waals surface area contributed by atoms with Crippen LogP contribution >= 0.6 is 0 Å². The molecule has 0 aliphatic carbocycles. The van der Waals surface area contributed by atoms with Crippen molar-refractivity contribution in [3.05, 3.63) is 10.4 Å². The summed E-state index contributed by atoms with van der Waals surface area (Å²) < 4.78 is 55.8. The summed E-state index contributed by atoms with van der Waals surface area (Å²) in [7, 11) is 0. The monoisotopic (exact) mass is 1570 g/mol. The summed E-state index contributed by atoms with van der Waals surface area (Å²) in [5, 5.41) is 140. The lowest BCUT2D eigenvalue weighted by molar-refractivity contribution is -0.368. The Balaban J connectivity index is 1.65. The average molecular weight is 1570 g/mol. The van der Waals surface area contributed by atoms with E-state index in [-0.39, 0.29) is 58.2 Å². The Morgan fingerprint density at radius 1 is 0.468 bits per heavy atom. The van der Waals surface area contributed by atoms with Crippen LogP contribution in [0.15, 0.2) is 5.11 Å². The number of azide groups is 1. The molecule has 0 aromatic rings. The molecule has 4 aliphatic heterocycles. The SMILES string of the molecule is CC(=O)N[C@H]1[C@H](OC2[C@@H](CO)OC(O)[C@H](NC(C)=O)[C@H]2O[C@H](C)C(=O)N[C@@H](C)C(=O)NCCCC(=O)N[C@@H](CCCCN=[N+]=[N-])C(=O)[O-])O[C@H](CO)[C@@H](O[C@@H]2O[C@H](CO)C(O[C@@H]3O[C@H](CO)[C@@H](O)[C@H](O)[C@H]3NC(C)=O)[C@H](O[C@H](C)C(=O)N[C@@H](C)C(=O)NCCCC(=O)N[C@@H](CCCC[NH3+])C(=O)[O-])[C@H]2NC(C)=O)[C@@H]1O. The highest BCUT2D eigenvalue weighted by Gasteiger charge is 2.58. The number of nitrogens with zero attached hydrogens (tertiary/aromatic N) is 3. The van der Waals surface area contributed by atoms with Gasteiger partial charge in [-0.1, -0.05) is 11.5 Å². The number of unbranched alkanes of at least 4 members (excludes halogenated alkanes) is 2. The minimum absolute atomic E-state index is 0.00122. The van der Waals surface area contributed by atoms with Crippen LogP contribution in [0, 0.1) is 0 Å². The first kappa shape index (κ1) is 93.6. The van der Waals surface area contributed by atoms with E-state index in [1.54, 1.807) is 0 Å². The lowest BCUT2D eigenvalue weighted by Gasteiger charge is -2.52. The maximum Gasteiger partial charge on any atom is 0.249 e. The summed E-state index contributed by atoms with van der Waals surface area (Å²) in [6.45, 7) is 5.20. The fourth-order valence-corrected chi connectivity index (χ4v) is 12.2. The average Bonchev–Trinajstić information content (AvgIpc) is 0.765. The summed E-state index contributed by atoms with van der Waals surface area (Å²) in [6, 6.07) is -12.3. The van der Waals surface area contributed by atoms with Gasteiger partial charge in [-0.3, -0.25) is 47.9 Å². The second kappa shape index (κ2) is 46.8. The number of ether oxygens (including phenoxy) is 9. The number of rotatable bonds is 45. The van der Waals surface area contributed by atoms with Gasteiger partial charge >= 0.3 is 0 Å². The van der Waals surface area contributed by atoms with Crippen molar-refractivity contribution in [2.24, 2.45) is 5.11 Å². The van der Waals surface area contributed by atoms with Gasteiger partial charge in [-0.15, -0.1) is 0 Å². The number of carboxylic acids is 2. The first-order chi connectivity index (χ1) is 51.6. The van der Waals surface area contributed by atoms with E-state index < -0.39 is 256 Å². The molecular weight excluding hydrogens is 1460 g/mol. The number of aliphatic carboxylic acids is 2. The number of aliphatic hydroxyl groups excluding tert-OH is 8. The number of hydrogen-bond donors (Lipinski definition) is 19. The molecule has 10 amide bonds. The third kappa shape index (κ3) is 29.1. The molecule has 4 heterocycles. The van der Waals surface area contributed by atoms with Gasteiger partial charge in [0.05, 0.1) is 57.0 Å². The van der Waals surface area contributed by atoms with E-state index >= 15 is 0 Å². The molecule has 45 heteroatoms. The Morgan fingerprint density at radius 2 is 0.844 bits per heavy atom. The van der Waals surface area contributed by atoms with Crippen molar-refractivity contribution in [2.75, 3.05) is 52.6 Å². The number of carbonyl (C=O) groups is 12. The standard InChI is InChI=1S/C64H108N14O31/c1-27(55(92)67-21-14-18-42(88)77-36(60(98)99)16-10-12-22-69-78-66)70-57(94)29(3)101-53-45(74-33(7)85)61(100)103-39(25-81)51(53)108-63-44(73-32(6)84)49(91)50(38(24-80)105-63)107-64-46(75-34(8)86)54(52(40(26-82)106-64)109-62-43(72-31(5)83)48(90)47(89)37(23-79)104-62)102-30(4)58(95)71-28(2)56(93)68-20-13-17-41(87)76-35(59(96)97)15-9-11-19-65/h27-30,35-40,43-54,61-64,79-82,89-91,100H,9-26,65H2,1-8H3,(H,67,92)(H,68,93)(H,70,94)(H,71,95)(H,72,83)(H,73,84)(H,74,85)(H,75,86)(H,76,87)(H,77,88)(H,96,97)(H,98,99)/p-1/t27-,28-,29+,30+,35-,36-,37+,38+,39+,40+,43+,44+,45+,46+,47+,48+,49+,50+,51?,52?,53+,54+,61?,62-,63-,64-/m0/s1. The number of amides is 10. The molecule has 26 atom stereocenters. The third-order valence-corrected chi connectivity index (χ3v) is 17.8. The van der Waals surface area contributed by atoms with Crippen LogP contribution in [0.2, 0.25) is 0 Å². The van der Waals surface area contributed by atoms with Crippen LogP contribution in [0.1, 0.15) is 120 Å². The highest BCUT2D eigenvalue weighted by Crippen LogP contribution is 2.37. The summed E-state index contributed by atoms with van der Waals surface area (Å²) in [5.41, 5.74) is 12.1. The Hall–Kier alpha value is -7.77. The smallest absolute Gasteiger partial charge is 0.249 e. The van der Waals surface area contributed by atoms with Crippen molar-refractivity contribution in [1.82, 2.24) is 53.2 Å². The van der Waals surface area contributed by atoms with Crippen molar-refractivity contribution >= 4 is 71.0 Å². The number of quaternary nitrogens is 1. The largest absolute Gasteiger partial charge is 0.548 e. The number of aliphatic hydroxyl groups is 8. The molecule has 0 saturated carbocycles. The number of hydrogen-bond acceptors (Lipinski definition) is 32. The fourth-order valence-electron chi connectivity index (χ4n) is 12.2. The zero-order valence-electron chi connectivity index (χ0n) is 61.8. The molecule has 4 rings (SSSR count). The van der Waals surface area contributed by atoms with Gasteiger partial charge in [0.25, 0.3) is 0 Å². The van der Waals surface area contributed by atoms with E-state index in [1.807, 2.05) is 0 Å². The summed E-state index contributed by atoms with van der Waals surface area (Å²) in [4.78, 5) is 158. The number of nitrogens with one attached hydrogen (secondary N) is 10. The second-order valence-corrected chi connectivity index (χ2v) is 26.5. The second-order valence-electron chi connectivity index (χ2n) is 26.5. The molecule has 0 aromatic heterocycles. The maximum atomic E-state index is 14.2. The van der Waals surface area contributed by atoms with Gasteiger partial charge in [0.1, 0.15) is 122 Å². The lowest BCUT2D eigenvalue weighted by atomic mass is 9.92. The quantitative estimate of drug-likeness (QED) is 0.0116. The van der Waals surface area contributed by atoms with Crippen LogP contribution in [-0.2, 0) is 100 Å². The van der Waals surface area contributed by atoms with Gasteiger partial charge in [-0.25, -0.2) is 0 Å². The van der Waals surface area contributed by atoms with E-state index in [2.05, 4.69) is 68.9 Å². The molecule has 0 aromatic carbocycles. The molecule has 0 radical (unpaired) electrons. The highest BCUT2D eigenvalue weighted by atomic mass is 16.8. The molecule has 4 aliphatic rings. The first-order valence-electron chi connectivity index (χ1n) is 35.7. The first-order valence-corrected chi connectivity index (χ1v) is 35.7. The van der Waals surface area contributed by atoms with Crippen molar-refractivity contribution in [3.63, 3.8) is 0 Å². The molecule has 4 fully saturated rings. The summed E-state index contributed by atoms with van der Waals surface area (Å²) in [6.07, 6.45) is -32.2. The Morgan fingerprint density at radius 3 is 1.27 bits per heavy atom. The van der Waals surface area contributed by atoms with Crippen LogP contribution in [0.3, 0.4) is 0 Å². The molecule has 0 bridgehead atoms. The van der Waals surface area contributed by atoms with Gasteiger partial charge in [0.2, 0.25) is 59.1 Å². The van der Waals surface area contributed by atoms with Gasteiger partial charge in [-0.05, 0) is 78.2 Å². The molecule has 109 heavy (non-hydrogen) atoms. The fraction of sp³-hybridized carbons (Fsp3) is 0.812. The van der Waals surface area contributed by atoms with Crippen LogP contribution in [0.25, 0.3) is 10.4 Å². The predicted octanol–water partition coefficient (Wildman–Crippen LogP) is -12.2. The molecular formula is C64H107N14O31-. The lowest BCUT2D eigenvalue weighted by Crippen LogP contribution is -2.72. The number of carboxylic acid groups (broad SMARTS) is 2. The van der Waals surface area contributed by atoms with Gasteiger partial charge in [0.15, 0.2) is 25.2 Å². The van der Waals surface area contributed by atoms with Gasteiger partial charge in [-0.2, -0.15) is 0 Å². The van der Waals surface area contributed by atoms with Gasteiger partial charge < -0.3 is 162 Å². The maximum absolute atomic E-state index is 14.2. The summed E-state index contributed by atoms with van der Waals surface area (Å²) >= 11 is 0. The van der Waals surface area contributed by atoms with Crippen LogP contribution in [0.5, 0.6) is 0 Å². The topological polar surface area (TPSA) is 693 Å². The Bertz CT molecular complexity index is 3060. The van der Waals surface area contributed by atoms with Gasteiger partial charge in [0, 0.05) is 65.1 Å². The minimum atomic E-state index is -2.17. The molecule has 0 spiro atoms. The Kier molecular flexibility index (Phi) is 40.2. The third-order valence-electron chi connectivity index (χ3n) is 17.8. The molecule has 3 unspecified atom stereocenters. The molecule has 21 N–H and O–H groups in total. The van der Waals surface area contributed by atoms with Crippen molar-refractivity contribution < 1.29 is 157 Å². The zero-order valence-corrected chi connectivity index (χ0v) is 61.8. The van der Waals surface area contributed by atoms with Crippen LogP contribution in [-0.4, -0.2) is 323 Å². The van der Waals surface area contributed by atoms with Crippen molar-refractivity contribution in [1.29, 1.82) is 0 Å². The normalized spacial score (nSPS) is 29.8. The zero-order chi connectivity index (χ0) is 81.5. The Labute approximate surface area is 626 Å². The summed E-state index contributed by atoms with van der Waals surface area (Å²) in [5.74, 6) is -11.3. The van der Waals surface area contributed by atoms with E-state index in [0.29, 0.717) is 32.2 Å². The van der Waals surface area contributed by atoms with Crippen molar-refractivity contribution in [3.8, 4) is 0 Å². The molecule has 4 saturated heterocycles. The van der Waals surface area contributed by atoms with Crippen molar-refractivity contribution in [2.45, 2.75) is 279 Å². The molecule has 620 valence electrons. The highest BCUT2D eigenvalue weighted by molar-refractivity contribution is 5.90. The van der Waals surface area contributed by atoms with E-state index in [1.165, 1.54) is 27.7 Å². The minimum Gasteiger partial charge on any atom is -0.548 e. The van der Waals surface area contributed by atoms with Crippen LogP contribution < -0.4 is 69.1 Å². The number of carbonyl (C=O) groups excluding carboxylic acids is 12. The van der Waals surface area contributed by atoms with E-state index in [0.717, 1.165) is 27.7 Å². The van der Waals surface area contributed by atoms with Crippen LogP contribution in [0.4, 0.5) is 0 Å².